The number of benzene rings is 1. The number of carbonyl (C=O) groups is 1. The molecule has 1 aromatic carbocycles. The first kappa shape index (κ1) is 12.8. The van der Waals surface area contributed by atoms with Gasteiger partial charge in [-0.15, -0.1) is 0 Å². The Kier molecular flexibility index (Phi) is 4.36. The monoisotopic (exact) mass is 346 g/mol. The first-order chi connectivity index (χ1) is 8.20. The summed E-state index contributed by atoms with van der Waals surface area (Å²) in [5, 5.41) is 0. The summed E-state index contributed by atoms with van der Waals surface area (Å²) in [5.74, 6) is 0.0604. The van der Waals surface area contributed by atoms with Gasteiger partial charge in [0.25, 0.3) is 5.91 Å². The van der Waals surface area contributed by atoms with Crippen molar-refractivity contribution in [3.63, 3.8) is 0 Å². The lowest BCUT2D eigenvalue weighted by Gasteiger charge is -2.32. The molecule has 0 spiro atoms. The quantitative estimate of drug-likeness (QED) is 0.816. The molecule has 0 aliphatic carbocycles. The smallest absolute Gasteiger partial charge is 0.254 e. The Morgan fingerprint density at radius 1 is 1.59 bits per heavy atom. The zero-order valence-electron chi connectivity index (χ0n) is 9.43. The Hall–Kier alpha value is -0.660. The van der Waals surface area contributed by atoms with Gasteiger partial charge in [-0.3, -0.25) is 4.79 Å². The number of carbonyl (C=O) groups excluding carboxylic acids is 1. The summed E-state index contributed by atoms with van der Waals surface area (Å²) in [4.78, 5) is 14.1. The molecule has 4 nitrogen and oxygen atoms in total. The zero-order chi connectivity index (χ0) is 12.3. The number of rotatable bonds is 2. The van der Waals surface area contributed by atoms with Crippen LogP contribution in [0.2, 0.25) is 0 Å². The van der Waals surface area contributed by atoms with E-state index >= 15 is 0 Å². The van der Waals surface area contributed by atoms with Gasteiger partial charge in [0.15, 0.2) is 0 Å². The second-order valence-corrected chi connectivity index (χ2v) is 5.24. The number of hydrogen-bond acceptors (Lipinski definition) is 3. The van der Waals surface area contributed by atoms with Gasteiger partial charge in [-0.1, -0.05) is 6.07 Å². The van der Waals surface area contributed by atoms with E-state index in [1.807, 2.05) is 29.2 Å². The van der Waals surface area contributed by atoms with Crippen molar-refractivity contribution < 1.29 is 9.53 Å². The molecule has 1 atom stereocenters. The Labute approximate surface area is 114 Å². The topological polar surface area (TPSA) is 55.6 Å². The van der Waals surface area contributed by atoms with Gasteiger partial charge in [-0.05, 0) is 40.8 Å². The van der Waals surface area contributed by atoms with Crippen LogP contribution in [0.5, 0.6) is 0 Å². The van der Waals surface area contributed by atoms with Crippen molar-refractivity contribution in [1.29, 1.82) is 0 Å². The van der Waals surface area contributed by atoms with E-state index < -0.39 is 0 Å². The number of nitrogens with zero attached hydrogens (tertiary/aromatic N) is 1. The molecule has 17 heavy (non-hydrogen) atoms. The average molecular weight is 346 g/mol. The lowest BCUT2D eigenvalue weighted by atomic mass is 10.1. The van der Waals surface area contributed by atoms with Crippen molar-refractivity contribution in [2.75, 3.05) is 26.2 Å². The van der Waals surface area contributed by atoms with Gasteiger partial charge >= 0.3 is 0 Å². The molecular weight excluding hydrogens is 331 g/mol. The van der Waals surface area contributed by atoms with Crippen LogP contribution in [0.3, 0.4) is 0 Å². The van der Waals surface area contributed by atoms with Gasteiger partial charge in [0.1, 0.15) is 0 Å². The number of amides is 1. The van der Waals surface area contributed by atoms with Crippen molar-refractivity contribution in [2.45, 2.75) is 6.10 Å². The lowest BCUT2D eigenvalue weighted by molar-refractivity contribution is -0.0167. The predicted molar refractivity (Wildman–Crippen MR) is 73.9 cm³/mol. The third-order valence-corrected chi connectivity index (χ3v) is 3.43. The summed E-state index contributed by atoms with van der Waals surface area (Å²) in [5.41, 5.74) is 6.30. The second kappa shape index (κ2) is 5.79. The number of halogens is 1. The number of morpholine rings is 1. The van der Waals surface area contributed by atoms with E-state index in [0.29, 0.717) is 26.2 Å². The Morgan fingerprint density at radius 2 is 2.41 bits per heavy atom. The predicted octanol–water partition coefficient (Wildman–Crippen LogP) is 1.09. The molecular formula is C12H15IN2O2. The molecule has 1 heterocycles. The van der Waals surface area contributed by atoms with Crippen LogP contribution in [0.15, 0.2) is 24.3 Å². The molecule has 0 bridgehead atoms. The van der Waals surface area contributed by atoms with Gasteiger partial charge < -0.3 is 15.4 Å². The zero-order valence-corrected chi connectivity index (χ0v) is 11.6. The van der Waals surface area contributed by atoms with Crippen LogP contribution in [0.25, 0.3) is 0 Å². The third-order valence-electron chi connectivity index (χ3n) is 2.76. The molecule has 2 rings (SSSR count). The fourth-order valence-electron chi connectivity index (χ4n) is 1.85. The standard InChI is InChI=1S/C12H15IN2O2/c13-10-3-1-2-9(6-10)12(16)15-4-5-17-11(7-14)8-15/h1-3,6,11H,4-5,7-8,14H2. The summed E-state index contributed by atoms with van der Waals surface area (Å²) in [6.07, 6.45) is -0.0320. The van der Waals surface area contributed by atoms with Crippen LogP contribution in [-0.4, -0.2) is 43.2 Å². The maximum Gasteiger partial charge on any atom is 0.254 e. The molecule has 0 aromatic heterocycles. The van der Waals surface area contributed by atoms with E-state index in [-0.39, 0.29) is 12.0 Å². The number of hydrogen-bond donors (Lipinski definition) is 1. The SMILES string of the molecule is NCC1CN(C(=O)c2cccc(I)c2)CCO1. The third kappa shape index (κ3) is 3.17. The van der Waals surface area contributed by atoms with Gasteiger partial charge in [0, 0.05) is 28.8 Å². The first-order valence-electron chi connectivity index (χ1n) is 5.57. The minimum Gasteiger partial charge on any atom is -0.373 e. The Morgan fingerprint density at radius 3 is 3.12 bits per heavy atom. The molecule has 1 saturated heterocycles. The second-order valence-electron chi connectivity index (χ2n) is 3.99. The van der Waals surface area contributed by atoms with E-state index in [1.165, 1.54) is 0 Å². The Balaban J connectivity index is 2.09. The minimum atomic E-state index is -0.0320. The normalized spacial score (nSPS) is 20.4. The molecule has 0 radical (unpaired) electrons. The highest BCUT2D eigenvalue weighted by molar-refractivity contribution is 14.1. The van der Waals surface area contributed by atoms with Gasteiger partial charge in [-0.2, -0.15) is 0 Å². The summed E-state index contributed by atoms with van der Waals surface area (Å²) >= 11 is 2.21. The molecule has 2 N–H and O–H groups in total. The van der Waals surface area contributed by atoms with Gasteiger partial charge in [0.2, 0.25) is 0 Å². The van der Waals surface area contributed by atoms with Crippen LogP contribution in [0.1, 0.15) is 10.4 Å². The largest absolute Gasteiger partial charge is 0.373 e. The minimum absolute atomic E-state index is 0.0320. The lowest BCUT2D eigenvalue weighted by Crippen LogP contribution is -2.48. The Bertz CT molecular complexity index is 411. The van der Waals surface area contributed by atoms with Crippen molar-refractivity contribution in [2.24, 2.45) is 5.73 Å². The summed E-state index contributed by atoms with van der Waals surface area (Å²) in [6.45, 7) is 2.25. The molecule has 0 saturated carbocycles. The fourth-order valence-corrected chi connectivity index (χ4v) is 2.39. The molecule has 1 amide bonds. The van der Waals surface area contributed by atoms with Crippen LogP contribution in [-0.2, 0) is 4.74 Å². The first-order valence-corrected chi connectivity index (χ1v) is 6.65. The highest BCUT2D eigenvalue weighted by atomic mass is 127. The number of ether oxygens (including phenoxy) is 1. The van der Waals surface area contributed by atoms with Crippen LogP contribution in [0.4, 0.5) is 0 Å². The van der Waals surface area contributed by atoms with E-state index in [0.717, 1.165) is 9.13 Å². The van der Waals surface area contributed by atoms with Crippen molar-refractivity contribution >= 4 is 28.5 Å². The summed E-state index contributed by atoms with van der Waals surface area (Å²) in [6, 6.07) is 7.61. The maximum absolute atomic E-state index is 12.2. The molecule has 1 aliphatic heterocycles. The summed E-state index contributed by atoms with van der Waals surface area (Å²) < 4.78 is 6.51. The van der Waals surface area contributed by atoms with Crippen LogP contribution in [0, 0.1) is 3.57 Å². The molecule has 1 aliphatic rings. The van der Waals surface area contributed by atoms with Crippen molar-refractivity contribution in [3.05, 3.63) is 33.4 Å². The maximum atomic E-state index is 12.2. The van der Waals surface area contributed by atoms with E-state index in [9.17, 15) is 4.79 Å². The average Bonchev–Trinajstić information content (AvgIpc) is 2.38. The van der Waals surface area contributed by atoms with E-state index in [1.54, 1.807) is 0 Å². The highest BCUT2D eigenvalue weighted by Gasteiger charge is 2.24. The molecule has 5 heteroatoms. The van der Waals surface area contributed by atoms with Crippen molar-refractivity contribution in [1.82, 2.24) is 4.90 Å². The van der Waals surface area contributed by atoms with Crippen LogP contribution < -0.4 is 5.73 Å². The van der Waals surface area contributed by atoms with E-state index in [2.05, 4.69) is 22.6 Å². The molecule has 1 aromatic rings. The highest BCUT2D eigenvalue weighted by Crippen LogP contribution is 2.13. The molecule has 1 unspecified atom stereocenters. The summed E-state index contributed by atoms with van der Waals surface area (Å²) in [7, 11) is 0. The van der Waals surface area contributed by atoms with E-state index in [4.69, 9.17) is 10.5 Å². The fraction of sp³-hybridized carbons (Fsp3) is 0.417. The van der Waals surface area contributed by atoms with Gasteiger partial charge in [-0.25, -0.2) is 0 Å². The van der Waals surface area contributed by atoms with Gasteiger partial charge in [0.05, 0.1) is 12.7 Å². The molecule has 1 fully saturated rings. The number of nitrogens with two attached hydrogens (primary N) is 1. The molecule has 92 valence electrons. The van der Waals surface area contributed by atoms with Crippen molar-refractivity contribution in [3.8, 4) is 0 Å². The van der Waals surface area contributed by atoms with Crippen LogP contribution >= 0.6 is 22.6 Å².